The first-order valence-electron chi connectivity index (χ1n) is 10.2. The Balaban J connectivity index is 1.71. The SMILES string of the molecule is C[C@@H]1C(=O)O[C@H]2C[C@]34[C@@H]5OC(=O)[C@]3(O[C@@H]3OC(=O)[C@H](O)[C@@]34[C@H](C(C)(C)C)[C@@H]5O)[C@]21O. The Morgan fingerprint density at radius 2 is 1.70 bits per heavy atom. The van der Waals surface area contributed by atoms with Crippen molar-refractivity contribution < 1.29 is 48.7 Å². The van der Waals surface area contributed by atoms with Crippen molar-refractivity contribution >= 4 is 17.9 Å². The van der Waals surface area contributed by atoms with Gasteiger partial charge < -0.3 is 34.3 Å². The molecule has 0 amide bonds. The Labute approximate surface area is 171 Å². The molecule has 0 aromatic heterocycles. The summed E-state index contributed by atoms with van der Waals surface area (Å²) in [5, 5.41) is 34.4. The maximum atomic E-state index is 13.4. The van der Waals surface area contributed by atoms with Crippen LogP contribution in [0.3, 0.4) is 0 Å². The molecule has 0 unspecified atom stereocenters. The minimum absolute atomic E-state index is 0.107. The third-order valence-corrected chi connectivity index (χ3v) is 8.91. The highest BCUT2D eigenvalue weighted by Gasteiger charge is 3.02. The number of ether oxygens (including phenoxy) is 4. The fourth-order valence-corrected chi connectivity index (χ4v) is 8.22. The first-order chi connectivity index (χ1) is 13.8. The number of carbonyl (C=O) groups is 3. The fraction of sp³-hybridized carbons (Fsp3) is 0.850. The van der Waals surface area contributed by atoms with E-state index in [1.54, 1.807) is 0 Å². The molecule has 6 fully saturated rings. The molecular weight excluding hydrogens is 400 g/mol. The monoisotopic (exact) mass is 424 g/mol. The minimum Gasteiger partial charge on any atom is -0.459 e. The predicted molar refractivity (Wildman–Crippen MR) is 92.0 cm³/mol. The van der Waals surface area contributed by atoms with Crippen LogP contribution in [0.15, 0.2) is 0 Å². The number of hydrogen-bond acceptors (Lipinski definition) is 10. The number of hydrogen-bond donors (Lipinski definition) is 3. The molecule has 164 valence electrons. The van der Waals surface area contributed by atoms with Crippen LogP contribution < -0.4 is 0 Å². The Bertz CT molecular complexity index is 925. The summed E-state index contributed by atoms with van der Waals surface area (Å²) in [6.07, 6.45) is -6.73. The van der Waals surface area contributed by atoms with Crippen molar-refractivity contribution in [2.24, 2.45) is 28.1 Å². The van der Waals surface area contributed by atoms with Gasteiger partial charge in [0.15, 0.2) is 11.7 Å². The van der Waals surface area contributed by atoms with Crippen LogP contribution in [0.2, 0.25) is 0 Å². The molecule has 3 N–H and O–H groups in total. The van der Waals surface area contributed by atoms with Crippen molar-refractivity contribution in [3.05, 3.63) is 0 Å². The molecule has 11 atom stereocenters. The highest BCUT2D eigenvalue weighted by atomic mass is 16.8. The standard InChI is InChI=1S/C20H24O10/c1-6-12(23)27-7-5-17-11-8(21)9(16(2,3)4)18(17)10(22)13(24)29-15(18)30-20(17,14(25)28-11)19(6,7)26/h6-11,15,21-22,26H,5H2,1-4H3/t6-,7+,8+,9+,10+,11-,15+,17-,18+,19-,20-/m1/s1. The van der Waals surface area contributed by atoms with Gasteiger partial charge in [-0.3, -0.25) is 4.79 Å². The Morgan fingerprint density at radius 3 is 2.33 bits per heavy atom. The van der Waals surface area contributed by atoms with E-state index in [1.165, 1.54) is 6.92 Å². The molecule has 2 saturated carbocycles. The van der Waals surface area contributed by atoms with E-state index in [4.69, 9.17) is 18.9 Å². The van der Waals surface area contributed by atoms with E-state index in [-0.39, 0.29) is 6.42 Å². The van der Waals surface area contributed by atoms with Gasteiger partial charge in [0.05, 0.1) is 22.9 Å². The summed E-state index contributed by atoms with van der Waals surface area (Å²) < 4.78 is 22.6. The molecule has 30 heavy (non-hydrogen) atoms. The van der Waals surface area contributed by atoms with Gasteiger partial charge in [0.25, 0.3) is 0 Å². The van der Waals surface area contributed by atoms with Crippen molar-refractivity contribution in [3.8, 4) is 0 Å². The molecule has 6 rings (SSSR count). The second-order valence-electron chi connectivity index (χ2n) is 10.7. The third kappa shape index (κ3) is 1.35. The lowest BCUT2D eigenvalue weighted by atomic mass is 9.51. The van der Waals surface area contributed by atoms with E-state index in [9.17, 15) is 29.7 Å². The molecule has 4 saturated heterocycles. The molecule has 10 heteroatoms. The van der Waals surface area contributed by atoms with E-state index in [0.29, 0.717) is 0 Å². The lowest BCUT2D eigenvalue weighted by Gasteiger charge is -2.46. The largest absolute Gasteiger partial charge is 0.459 e. The van der Waals surface area contributed by atoms with Crippen molar-refractivity contribution in [2.75, 3.05) is 0 Å². The lowest BCUT2D eigenvalue weighted by Crippen LogP contribution is -2.66. The van der Waals surface area contributed by atoms with Crippen molar-refractivity contribution in [3.63, 3.8) is 0 Å². The second kappa shape index (κ2) is 4.69. The van der Waals surface area contributed by atoms with Gasteiger partial charge >= 0.3 is 17.9 Å². The molecule has 6 aliphatic rings. The zero-order valence-corrected chi connectivity index (χ0v) is 16.9. The Hall–Kier alpha value is -1.75. The number of fused-ring (bicyclic) bond motifs is 1. The first-order valence-corrected chi connectivity index (χ1v) is 10.2. The van der Waals surface area contributed by atoms with Gasteiger partial charge in [0.2, 0.25) is 11.9 Å². The van der Waals surface area contributed by atoms with Crippen LogP contribution in [-0.4, -0.2) is 75.1 Å². The molecule has 0 aromatic rings. The summed E-state index contributed by atoms with van der Waals surface area (Å²) >= 11 is 0. The highest BCUT2D eigenvalue weighted by molar-refractivity contribution is 5.93. The average Bonchev–Trinajstić information content (AvgIpc) is 3.32. The quantitative estimate of drug-likeness (QED) is 0.314. The smallest absolute Gasteiger partial charge is 0.342 e. The van der Waals surface area contributed by atoms with Crippen LogP contribution in [0.5, 0.6) is 0 Å². The topological polar surface area (TPSA) is 149 Å². The van der Waals surface area contributed by atoms with Gasteiger partial charge in [0, 0.05) is 12.3 Å². The van der Waals surface area contributed by atoms with Gasteiger partial charge in [-0.15, -0.1) is 0 Å². The molecule has 4 heterocycles. The number of aliphatic hydroxyl groups excluding tert-OH is 2. The Morgan fingerprint density at radius 1 is 1.03 bits per heavy atom. The number of esters is 3. The molecule has 2 spiro atoms. The van der Waals surface area contributed by atoms with Gasteiger partial charge in [-0.25, -0.2) is 9.59 Å². The molecule has 4 aliphatic heterocycles. The molecule has 0 aromatic carbocycles. The van der Waals surface area contributed by atoms with Crippen molar-refractivity contribution in [1.82, 2.24) is 0 Å². The number of rotatable bonds is 0. The summed E-state index contributed by atoms with van der Waals surface area (Å²) in [7, 11) is 0. The van der Waals surface area contributed by atoms with Crippen LogP contribution in [0.1, 0.15) is 34.1 Å². The lowest BCUT2D eigenvalue weighted by molar-refractivity contribution is -0.239. The van der Waals surface area contributed by atoms with Crippen LogP contribution in [0, 0.1) is 28.1 Å². The van der Waals surface area contributed by atoms with E-state index < -0.39 is 87.9 Å². The maximum absolute atomic E-state index is 13.4. The minimum atomic E-state index is -2.12. The molecule has 0 bridgehead atoms. The van der Waals surface area contributed by atoms with E-state index in [2.05, 4.69) is 0 Å². The summed E-state index contributed by atoms with van der Waals surface area (Å²) in [5.41, 5.74) is -7.95. The van der Waals surface area contributed by atoms with E-state index >= 15 is 0 Å². The first kappa shape index (κ1) is 19.0. The van der Waals surface area contributed by atoms with Gasteiger partial charge in [-0.2, -0.15) is 0 Å². The summed E-state index contributed by atoms with van der Waals surface area (Å²) in [6.45, 7) is 6.97. The normalized spacial score (nSPS) is 60.1. The zero-order chi connectivity index (χ0) is 21.8. The van der Waals surface area contributed by atoms with E-state index in [0.717, 1.165) is 0 Å². The highest BCUT2D eigenvalue weighted by Crippen LogP contribution is 2.84. The van der Waals surface area contributed by atoms with Gasteiger partial charge in [-0.05, 0) is 12.3 Å². The average molecular weight is 424 g/mol. The molecular formula is C20H24O10. The number of carbonyl (C=O) groups excluding carboxylic acids is 3. The molecule has 2 aliphatic carbocycles. The Kier molecular flexibility index (Phi) is 2.97. The number of aliphatic hydroxyl groups is 3. The fourth-order valence-electron chi connectivity index (χ4n) is 8.22. The zero-order valence-electron chi connectivity index (χ0n) is 16.9. The molecule has 10 nitrogen and oxygen atoms in total. The van der Waals surface area contributed by atoms with Gasteiger partial charge in [0.1, 0.15) is 12.2 Å². The van der Waals surface area contributed by atoms with Crippen LogP contribution in [-0.2, 0) is 33.3 Å². The molecule has 0 radical (unpaired) electrons. The summed E-state index contributed by atoms with van der Waals surface area (Å²) in [5.74, 6) is -4.43. The summed E-state index contributed by atoms with van der Waals surface area (Å²) in [4.78, 5) is 38.2. The van der Waals surface area contributed by atoms with Crippen molar-refractivity contribution in [1.29, 1.82) is 0 Å². The predicted octanol–water partition coefficient (Wildman–Crippen LogP) is -1.37. The van der Waals surface area contributed by atoms with Gasteiger partial charge in [-0.1, -0.05) is 20.8 Å². The second-order valence-corrected chi connectivity index (χ2v) is 10.7. The van der Waals surface area contributed by atoms with Crippen molar-refractivity contribution in [2.45, 2.75) is 76.0 Å². The maximum Gasteiger partial charge on any atom is 0.342 e. The third-order valence-electron chi connectivity index (χ3n) is 8.91. The summed E-state index contributed by atoms with van der Waals surface area (Å²) in [6, 6.07) is 0. The van der Waals surface area contributed by atoms with E-state index in [1.807, 2.05) is 20.8 Å². The van der Waals surface area contributed by atoms with Crippen LogP contribution >= 0.6 is 0 Å². The van der Waals surface area contributed by atoms with Crippen LogP contribution in [0.25, 0.3) is 0 Å². The van der Waals surface area contributed by atoms with Crippen LogP contribution in [0.4, 0.5) is 0 Å².